The van der Waals surface area contributed by atoms with Crippen LogP contribution in [0.3, 0.4) is 0 Å². The van der Waals surface area contributed by atoms with E-state index in [1.165, 1.54) is 12.8 Å². The maximum absolute atomic E-state index is 11.2. The SMILES string of the molecule is CCN(CCNC(=O)NCCC(=O)O)C1CC1. The Morgan fingerprint density at radius 1 is 1.29 bits per heavy atom. The predicted octanol–water partition coefficient (Wildman–Crippen LogP) is 0.245. The first kappa shape index (κ1) is 13.8. The Morgan fingerprint density at radius 2 is 1.94 bits per heavy atom. The summed E-state index contributed by atoms with van der Waals surface area (Å²) in [5.41, 5.74) is 0. The molecule has 6 nitrogen and oxygen atoms in total. The predicted molar refractivity (Wildman–Crippen MR) is 63.9 cm³/mol. The summed E-state index contributed by atoms with van der Waals surface area (Å²) in [7, 11) is 0. The summed E-state index contributed by atoms with van der Waals surface area (Å²) in [4.78, 5) is 23.8. The van der Waals surface area contributed by atoms with E-state index in [1.54, 1.807) is 0 Å². The summed E-state index contributed by atoms with van der Waals surface area (Å²) in [6.07, 6.45) is 2.48. The van der Waals surface area contributed by atoms with Crippen molar-refractivity contribution in [3.05, 3.63) is 0 Å². The van der Waals surface area contributed by atoms with Crippen LogP contribution in [0.5, 0.6) is 0 Å². The molecule has 1 saturated carbocycles. The number of amides is 2. The van der Waals surface area contributed by atoms with Gasteiger partial charge in [-0.25, -0.2) is 4.79 Å². The Morgan fingerprint density at radius 3 is 2.47 bits per heavy atom. The van der Waals surface area contributed by atoms with Gasteiger partial charge in [0.2, 0.25) is 0 Å². The molecule has 0 atom stereocenters. The van der Waals surface area contributed by atoms with Crippen molar-refractivity contribution < 1.29 is 14.7 Å². The highest BCUT2D eigenvalue weighted by molar-refractivity contribution is 5.74. The third-order valence-corrected chi connectivity index (χ3v) is 2.78. The van der Waals surface area contributed by atoms with Crippen LogP contribution in [0.4, 0.5) is 4.79 Å². The molecule has 1 rings (SSSR count). The van der Waals surface area contributed by atoms with Gasteiger partial charge < -0.3 is 15.7 Å². The Labute approximate surface area is 101 Å². The number of hydrogen-bond donors (Lipinski definition) is 3. The minimum absolute atomic E-state index is 0.0451. The highest BCUT2D eigenvalue weighted by atomic mass is 16.4. The number of carbonyl (C=O) groups is 2. The van der Waals surface area contributed by atoms with Crippen molar-refractivity contribution in [3.63, 3.8) is 0 Å². The number of hydrogen-bond acceptors (Lipinski definition) is 3. The molecule has 0 aromatic heterocycles. The molecule has 0 heterocycles. The summed E-state index contributed by atoms with van der Waals surface area (Å²) in [5.74, 6) is -0.906. The third-order valence-electron chi connectivity index (χ3n) is 2.78. The molecule has 0 aliphatic heterocycles. The molecule has 0 unspecified atom stereocenters. The van der Waals surface area contributed by atoms with E-state index in [-0.39, 0.29) is 19.0 Å². The molecule has 17 heavy (non-hydrogen) atoms. The molecule has 2 amide bonds. The van der Waals surface area contributed by atoms with Crippen molar-refractivity contribution in [3.8, 4) is 0 Å². The number of nitrogens with zero attached hydrogens (tertiary/aromatic N) is 1. The standard InChI is InChI=1S/C11H21N3O3/c1-2-14(9-3-4-9)8-7-13-11(17)12-6-5-10(15)16/h9H,2-8H2,1H3,(H,15,16)(H2,12,13,17). The van der Waals surface area contributed by atoms with Gasteiger partial charge in [-0.1, -0.05) is 6.92 Å². The molecule has 3 N–H and O–H groups in total. The fourth-order valence-electron chi connectivity index (χ4n) is 1.70. The van der Waals surface area contributed by atoms with E-state index in [4.69, 9.17) is 5.11 Å². The quantitative estimate of drug-likeness (QED) is 0.570. The number of urea groups is 1. The summed E-state index contributed by atoms with van der Waals surface area (Å²) in [5, 5.41) is 13.6. The normalized spacial score (nSPS) is 14.7. The molecule has 0 spiro atoms. The van der Waals surface area contributed by atoms with Gasteiger partial charge in [0.15, 0.2) is 0 Å². The van der Waals surface area contributed by atoms with Crippen molar-refractivity contribution >= 4 is 12.0 Å². The Bertz CT molecular complexity index is 267. The van der Waals surface area contributed by atoms with Crippen molar-refractivity contribution in [2.24, 2.45) is 0 Å². The van der Waals surface area contributed by atoms with Gasteiger partial charge in [-0.3, -0.25) is 9.69 Å². The second-order valence-corrected chi connectivity index (χ2v) is 4.19. The maximum atomic E-state index is 11.2. The van der Waals surface area contributed by atoms with E-state index >= 15 is 0 Å². The third kappa shape index (κ3) is 6.11. The van der Waals surface area contributed by atoms with Gasteiger partial charge in [-0.15, -0.1) is 0 Å². The molecule has 0 radical (unpaired) electrons. The summed E-state index contributed by atoms with van der Waals surface area (Å²) in [6, 6.07) is 0.412. The van der Waals surface area contributed by atoms with Gasteiger partial charge in [-0.05, 0) is 19.4 Å². The monoisotopic (exact) mass is 243 g/mol. The van der Waals surface area contributed by atoms with Gasteiger partial charge in [0.25, 0.3) is 0 Å². The Kier molecular flexibility index (Phi) is 5.76. The highest BCUT2D eigenvalue weighted by Crippen LogP contribution is 2.25. The number of likely N-dealkylation sites (N-methyl/N-ethyl adjacent to an activating group) is 1. The van der Waals surface area contributed by atoms with E-state index in [2.05, 4.69) is 22.5 Å². The Balaban J connectivity index is 2.00. The van der Waals surface area contributed by atoms with Gasteiger partial charge in [0.05, 0.1) is 6.42 Å². The largest absolute Gasteiger partial charge is 0.481 e. The number of aliphatic carboxylic acids is 1. The van der Waals surface area contributed by atoms with E-state index in [9.17, 15) is 9.59 Å². The maximum Gasteiger partial charge on any atom is 0.314 e. The fraction of sp³-hybridized carbons (Fsp3) is 0.818. The van der Waals surface area contributed by atoms with E-state index in [0.29, 0.717) is 12.6 Å². The van der Waals surface area contributed by atoms with Gasteiger partial charge in [-0.2, -0.15) is 0 Å². The van der Waals surface area contributed by atoms with Crippen molar-refractivity contribution in [1.82, 2.24) is 15.5 Å². The lowest BCUT2D eigenvalue weighted by Crippen LogP contribution is -2.41. The van der Waals surface area contributed by atoms with Crippen LogP contribution in [-0.2, 0) is 4.79 Å². The fourth-order valence-corrected chi connectivity index (χ4v) is 1.70. The molecule has 98 valence electrons. The second kappa shape index (κ2) is 7.11. The smallest absolute Gasteiger partial charge is 0.314 e. The van der Waals surface area contributed by atoms with Crippen LogP contribution in [-0.4, -0.2) is 54.2 Å². The second-order valence-electron chi connectivity index (χ2n) is 4.19. The zero-order chi connectivity index (χ0) is 12.7. The molecule has 0 bridgehead atoms. The summed E-state index contributed by atoms with van der Waals surface area (Å²) in [6.45, 7) is 4.75. The highest BCUT2D eigenvalue weighted by Gasteiger charge is 2.27. The van der Waals surface area contributed by atoms with Crippen LogP contribution < -0.4 is 10.6 Å². The average Bonchev–Trinajstić information content (AvgIpc) is 3.08. The zero-order valence-electron chi connectivity index (χ0n) is 10.2. The number of carboxylic acid groups (broad SMARTS) is 1. The number of carbonyl (C=O) groups excluding carboxylic acids is 1. The minimum atomic E-state index is -0.906. The van der Waals surface area contributed by atoms with Gasteiger partial charge in [0, 0.05) is 25.7 Å². The van der Waals surface area contributed by atoms with Crippen LogP contribution in [0.25, 0.3) is 0 Å². The van der Waals surface area contributed by atoms with E-state index < -0.39 is 5.97 Å². The summed E-state index contributed by atoms with van der Waals surface area (Å²) < 4.78 is 0. The summed E-state index contributed by atoms with van der Waals surface area (Å²) >= 11 is 0. The van der Waals surface area contributed by atoms with Crippen LogP contribution in [0.15, 0.2) is 0 Å². The lowest BCUT2D eigenvalue weighted by Gasteiger charge is -2.19. The van der Waals surface area contributed by atoms with Crippen LogP contribution in [0, 0.1) is 0 Å². The lowest BCUT2D eigenvalue weighted by atomic mass is 10.4. The van der Waals surface area contributed by atoms with E-state index in [1.807, 2.05) is 0 Å². The molecule has 1 aliphatic rings. The van der Waals surface area contributed by atoms with Crippen molar-refractivity contribution in [2.45, 2.75) is 32.2 Å². The van der Waals surface area contributed by atoms with Crippen molar-refractivity contribution in [1.29, 1.82) is 0 Å². The first-order valence-electron chi connectivity index (χ1n) is 6.11. The lowest BCUT2D eigenvalue weighted by molar-refractivity contribution is -0.136. The van der Waals surface area contributed by atoms with E-state index in [0.717, 1.165) is 13.1 Å². The molecule has 6 heteroatoms. The minimum Gasteiger partial charge on any atom is -0.481 e. The number of nitrogens with one attached hydrogen (secondary N) is 2. The molecular formula is C11H21N3O3. The first-order chi connectivity index (χ1) is 8.13. The van der Waals surface area contributed by atoms with Crippen LogP contribution in [0.2, 0.25) is 0 Å². The molecule has 0 aromatic rings. The van der Waals surface area contributed by atoms with Gasteiger partial charge in [0.1, 0.15) is 0 Å². The van der Waals surface area contributed by atoms with Gasteiger partial charge >= 0.3 is 12.0 Å². The zero-order valence-corrected chi connectivity index (χ0v) is 10.2. The van der Waals surface area contributed by atoms with Crippen molar-refractivity contribution in [2.75, 3.05) is 26.2 Å². The van der Waals surface area contributed by atoms with Crippen LogP contribution in [0.1, 0.15) is 26.2 Å². The number of carboxylic acids is 1. The first-order valence-corrected chi connectivity index (χ1v) is 6.11. The van der Waals surface area contributed by atoms with Crippen LogP contribution >= 0.6 is 0 Å². The molecule has 1 fully saturated rings. The number of rotatable bonds is 8. The molecule has 0 aromatic carbocycles. The average molecular weight is 243 g/mol. The Hall–Kier alpha value is -1.30. The molecule has 0 saturated heterocycles. The molecular weight excluding hydrogens is 222 g/mol. The topological polar surface area (TPSA) is 81.7 Å². The molecule has 1 aliphatic carbocycles.